The average Bonchev–Trinajstić information content (AvgIpc) is 3.13. The predicted molar refractivity (Wildman–Crippen MR) is 185 cm³/mol. The van der Waals surface area contributed by atoms with Gasteiger partial charge in [-0.1, -0.05) is 79.2 Å². The number of aliphatic hydroxyl groups excluding tert-OH is 1. The molecule has 49 heavy (non-hydrogen) atoms. The van der Waals surface area contributed by atoms with Gasteiger partial charge in [0.05, 0.1) is 24.4 Å². The van der Waals surface area contributed by atoms with Crippen molar-refractivity contribution in [2.24, 2.45) is 0 Å². The molecular formula is C38H40N2O8S. The third-order valence-electron chi connectivity index (χ3n) is 8.30. The van der Waals surface area contributed by atoms with Gasteiger partial charge in [-0.3, -0.25) is 9.59 Å². The quantitative estimate of drug-likeness (QED) is 0.0721. The van der Waals surface area contributed by atoms with E-state index in [-0.39, 0.29) is 36.7 Å². The normalized spacial score (nSPS) is 17.4. The minimum atomic E-state index is -1.03. The molecule has 256 valence electrons. The molecule has 1 aliphatic rings. The van der Waals surface area contributed by atoms with E-state index in [1.807, 2.05) is 72.8 Å². The minimum absolute atomic E-state index is 0.0508. The molecule has 1 aromatic heterocycles. The molecule has 0 aliphatic carbocycles. The van der Waals surface area contributed by atoms with E-state index in [1.54, 1.807) is 12.3 Å². The van der Waals surface area contributed by atoms with Crippen LogP contribution in [0.25, 0.3) is 11.1 Å². The van der Waals surface area contributed by atoms with Gasteiger partial charge in [0.2, 0.25) is 5.91 Å². The number of aliphatic carboxylic acids is 1. The Kier molecular flexibility index (Phi) is 12.9. The molecule has 0 radical (unpaired) electrons. The highest BCUT2D eigenvalue weighted by Crippen LogP contribution is 2.40. The lowest BCUT2D eigenvalue weighted by atomic mass is 9.97. The molecule has 0 saturated carbocycles. The highest BCUT2D eigenvalue weighted by atomic mass is 32.2. The SMILES string of the molecule is O=C(O)CCCCCC(=O)NCc1ccccc1-c1ccc(C2OC(CSc3ncccc3C(=O)O)CC(c3ccc(CO)cc3)O2)cc1. The first-order chi connectivity index (χ1) is 23.8. The number of hydrogen-bond acceptors (Lipinski definition) is 8. The lowest BCUT2D eigenvalue weighted by molar-refractivity contribution is -0.245. The number of carbonyl (C=O) groups excluding carboxylic acids is 1. The summed E-state index contributed by atoms with van der Waals surface area (Å²) < 4.78 is 12.9. The second-order valence-corrected chi connectivity index (χ2v) is 12.8. The van der Waals surface area contributed by atoms with E-state index in [9.17, 15) is 24.6 Å². The van der Waals surface area contributed by atoms with Crippen molar-refractivity contribution in [3.63, 3.8) is 0 Å². The van der Waals surface area contributed by atoms with Crippen molar-refractivity contribution in [2.75, 3.05) is 5.75 Å². The number of nitrogens with one attached hydrogen (secondary N) is 1. The number of amides is 1. The summed E-state index contributed by atoms with van der Waals surface area (Å²) in [5.74, 6) is -1.44. The van der Waals surface area contributed by atoms with Crippen LogP contribution in [0, 0.1) is 0 Å². The molecule has 0 spiro atoms. The first kappa shape index (κ1) is 35.7. The number of rotatable bonds is 16. The smallest absolute Gasteiger partial charge is 0.338 e. The molecule has 11 heteroatoms. The number of aromatic nitrogens is 1. The van der Waals surface area contributed by atoms with E-state index in [1.165, 1.54) is 17.8 Å². The maximum atomic E-state index is 12.4. The van der Waals surface area contributed by atoms with Crippen LogP contribution < -0.4 is 5.32 Å². The van der Waals surface area contributed by atoms with E-state index >= 15 is 0 Å². The van der Waals surface area contributed by atoms with Crippen LogP contribution in [0.3, 0.4) is 0 Å². The largest absolute Gasteiger partial charge is 0.481 e. The van der Waals surface area contributed by atoms with Crippen molar-refractivity contribution >= 4 is 29.6 Å². The number of unbranched alkanes of at least 4 members (excludes halogenated alkanes) is 2. The Morgan fingerprint density at radius 1 is 0.837 bits per heavy atom. The Morgan fingerprint density at radius 3 is 2.31 bits per heavy atom. The molecule has 4 N–H and O–H groups in total. The lowest BCUT2D eigenvalue weighted by Gasteiger charge is -2.36. The van der Waals surface area contributed by atoms with Crippen LogP contribution in [0.2, 0.25) is 0 Å². The minimum Gasteiger partial charge on any atom is -0.481 e. The number of hydrogen-bond donors (Lipinski definition) is 4. The zero-order chi connectivity index (χ0) is 34.6. The number of aliphatic hydroxyl groups is 1. The summed E-state index contributed by atoms with van der Waals surface area (Å²) in [6, 6.07) is 26.6. The maximum absolute atomic E-state index is 12.4. The lowest BCUT2D eigenvalue weighted by Crippen LogP contribution is -2.31. The van der Waals surface area contributed by atoms with Gasteiger partial charge in [0, 0.05) is 43.3 Å². The van der Waals surface area contributed by atoms with Gasteiger partial charge in [0.15, 0.2) is 6.29 Å². The van der Waals surface area contributed by atoms with Gasteiger partial charge in [-0.25, -0.2) is 9.78 Å². The molecule has 3 aromatic carbocycles. The molecule has 5 rings (SSSR count). The molecule has 0 bridgehead atoms. The van der Waals surface area contributed by atoms with E-state index in [0.29, 0.717) is 49.4 Å². The van der Waals surface area contributed by atoms with Crippen LogP contribution in [-0.4, -0.2) is 50.0 Å². The van der Waals surface area contributed by atoms with Gasteiger partial charge in [-0.15, -0.1) is 11.8 Å². The van der Waals surface area contributed by atoms with Crippen LogP contribution >= 0.6 is 11.8 Å². The van der Waals surface area contributed by atoms with Crippen molar-refractivity contribution in [2.45, 2.75) is 75.2 Å². The third kappa shape index (κ3) is 10.2. The monoisotopic (exact) mass is 684 g/mol. The Balaban J connectivity index is 1.27. The molecule has 1 saturated heterocycles. The van der Waals surface area contributed by atoms with Crippen molar-refractivity contribution in [1.29, 1.82) is 0 Å². The highest BCUT2D eigenvalue weighted by molar-refractivity contribution is 7.99. The predicted octanol–water partition coefficient (Wildman–Crippen LogP) is 6.93. The number of benzene rings is 3. The average molecular weight is 685 g/mol. The number of carboxylic acids is 2. The summed E-state index contributed by atoms with van der Waals surface area (Å²) in [7, 11) is 0. The highest BCUT2D eigenvalue weighted by Gasteiger charge is 2.32. The van der Waals surface area contributed by atoms with Crippen LogP contribution in [0.15, 0.2) is 96.2 Å². The van der Waals surface area contributed by atoms with Crippen molar-refractivity contribution in [3.8, 4) is 11.1 Å². The number of thioether (sulfide) groups is 1. The summed E-state index contributed by atoms with van der Waals surface area (Å²) in [5, 5.41) is 31.3. The van der Waals surface area contributed by atoms with E-state index in [0.717, 1.165) is 33.4 Å². The summed E-state index contributed by atoms with van der Waals surface area (Å²) >= 11 is 1.34. The molecule has 1 amide bonds. The fraction of sp³-hybridized carbons (Fsp3) is 0.316. The number of nitrogens with zero attached hydrogens (tertiary/aromatic N) is 1. The summed E-state index contributed by atoms with van der Waals surface area (Å²) in [6.07, 6.45) is 3.28. The van der Waals surface area contributed by atoms with Gasteiger partial charge in [0.1, 0.15) is 5.03 Å². The van der Waals surface area contributed by atoms with Crippen molar-refractivity contribution in [3.05, 3.63) is 119 Å². The maximum Gasteiger partial charge on any atom is 0.338 e. The first-order valence-electron chi connectivity index (χ1n) is 16.3. The van der Waals surface area contributed by atoms with Crippen LogP contribution in [0.5, 0.6) is 0 Å². The van der Waals surface area contributed by atoms with Gasteiger partial charge in [0.25, 0.3) is 0 Å². The van der Waals surface area contributed by atoms with Crippen molar-refractivity contribution < 1.29 is 39.2 Å². The van der Waals surface area contributed by atoms with Crippen LogP contribution in [0.4, 0.5) is 0 Å². The molecule has 4 aromatic rings. The molecule has 1 aliphatic heterocycles. The summed E-state index contributed by atoms with van der Waals surface area (Å²) in [5.41, 5.74) is 5.67. The number of pyridine rings is 1. The Bertz CT molecular complexity index is 1710. The first-order valence-corrected chi connectivity index (χ1v) is 17.3. The number of aromatic carboxylic acids is 1. The molecule has 3 unspecified atom stereocenters. The topological polar surface area (TPSA) is 155 Å². The van der Waals surface area contributed by atoms with Gasteiger partial charge in [-0.2, -0.15) is 0 Å². The van der Waals surface area contributed by atoms with Crippen LogP contribution in [0.1, 0.15) is 83.5 Å². The number of ether oxygens (including phenoxy) is 2. The van der Waals surface area contributed by atoms with Gasteiger partial charge in [-0.05, 0) is 52.8 Å². The zero-order valence-corrected chi connectivity index (χ0v) is 27.8. The number of carboxylic acid groups (broad SMARTS) is 2. The third-order valence-corrected chi connectivity index (χ3v) is 9.44. The summed E-state index contributed by atoms with van der Waals surface area (Å²) in [4.78, 5) is 39.1. The van der Waals surface area contributed by atoms with Gasteiger partial charge >= 0.3 is 11.9 Å². The van der Waals surface area contributed by atoms with Crippen molar-refractivity contribution in [1.82, 2.24) is 10.3 Å². The molecule has 1 fully saturated rings. The van der Waals surface area contributed by atoms with E-state index < -0.39 is 18.2 Å². The standard InChI is InChI=1S/C38H40N2O8S/c41-23-25-12-14-27(15-13-25)33-21-30(24-49-36-32(37(45)46)9-6-20-39-36)47-38(48-33)28-18-16-26(17-19-28)31-8-5-4-7-29(31)22-40-34(42)10-2-1-3-11-35(43)44/h4-9,12-20,30,33,38,41H,1-3,10-11,21-24H2,(H,40,42)(H,43,44)(H,45,46). The van der Waals surface area contributed by atoms with Crippen LogP contribution in [-0.2, 0) is 32.2 Å². The zero-order valence-electron chi connectivity index (χ0n) is 27.0. The molecule has 3 atom stereocenters. The van der Waals surface area contributed by atoms with E-state index in [4.69, 9.17) is 14.6 Å². The molecular weight excluding hydrogens is 644 g/mol. The van der Waals surface area contributed by atoms with E-state index in [2.05, 4.69) is 10.3 Å². The summed E-state index contributed by atoms with van der Waals surface area (Å²) in [6.45, 7) is 0.321. The fourth-order valence-corrected chi connectivity index (χ4v) is 6.66. The second kappa shape index (κ2) is 17.7. The molecule has 10 nitrogen and oxygen atoms in total. The fourth-order valence-electron chi connectivity index (χ4n) is 5.66. The Morgan fingerprint density at radius 2 is 1.57 bits per heavy atom. The van der Waals surface area contributed by atoms with Gasteiger partial charge < -0.3 is 30.1 Å². The Hall–Kier alpha value is -4.55. The Labute approximate surface area is 289 Å². The molecule has 2 heterocycles. The number of carbonyl (C=O) groups is 3. The second-order valence-electron chi connectivity index (χ2n) is 11.8.